The summed E-state index contributed by atoms with van der Waals surface area (Å²) in [6.07, 6.45) is 3.54. The van der Waals surface area contributed by atoms with Gasteiger partial charge in [0, 0.05) is 18.4 Å². The molecule has 0 amide bonds. The highest BCUT2D eigenvalue weighted by Crippen LogP contribution is 2.10. The number of likely N-dealkylation sites (N-methyl/N-ethyl adjacent to an activating group) is 1. The Morgan fingerprint density at radius 2 is 2.40 bits per heavy atom. The van der Waals surface area contributed by atoms with Crippen LogP contribution < -0.4 is 0 Å². The van der Waals surface area contributed by atoms with Crippen LogP contribution in [0.5, 0.6) is 0 Å². The van der Waals surface area contributed by atoms with Gasteiger partial charge in [-0.25, -0.2) is 0 Å². The van der Waals surface area contributed by atoms with Crippen molar-refractivity contribution < 1.29 is 0 Å². The van der Waals surface area contributed by atoms with E-state index in [1.165, 1.54) is 13.0 Å². The van der Waals surface area contributed by atoms with E-state index in [0.717, 1.165) is 11.9 Å². The molecule has 1 nitrogen and oxygen atoms in total. The van der Waals surface area contributed by atoms with Gasteiger partial charge in [0.25, 0.3) is 0 Å². The second kappa shape index (κ2) is 5.33. The summed E-state index contributed by atoms with van der Waals surface area (Å²) in [5.74, 6) is 0. The van der Waals surface area contributed by atoms with Crippen LogP contribution in [0.3, 0.4) is 0 Å². The minimum atomic E-state index is 0. The van der Waals surface area contributed by atoms with Gasteiger partial charge in [0.1, 0.15) is 0 Å². The van der Waals surface area contributed by atoms with Crippen molar-refractivity contribution in [3.8, 4) is 0 Å². The number of halogens is 2. The van der Waals surface area contributed by atoms with Crippen molar-refractivity contribution in [2.45, 2.75) is 6.42 Å². The quantitative estimate of drug-likeness (QED) is 0.522. The zero-order valence-corrected chi connectivity index (χ0v) is 9.44. The molecule has 0 aromatic rings. The van der Waals surface area contributed by atoms with Crippen LogP contribution in [0, 0.1) is 0 Å². The first-order valence-corrected chi connectivity index (χ1v) is 4.37. The Morgan fingerprint density at radius 3 is 2.80 bits per heavy atom. The maximum Gasteiger partial charge on any atom is 0.0242 e. The molecular weight excluding hydrogens is 258 g/mol. The number of hydrogen-bond acceptors (Lipinski definition) is 1. The van der Waals surface area contributed by atoms with Crippen LogP contribution in [0.25, 0.3) is 0 Å². The van der Waals surface area contributed by atoms with Gasteiger partial charge in [-0.15, -0.1) is 17.0 Å². The van der Waals surface area contributed by atoms with Crippen molar-refractivity contribution >= 4 is 32.9 Å². The molecular formula is C7H13Br2N. The van der Waals surface area contributed by atoms with Crippen LogP contribution in [-0.4, -0.2) is 30.4 Å². The molecule has 1 aliphatic heterocycles. The SMILES string of the molecule is Br.CN1CC=C(CBr)CC1. The van der Waals surface area contributed by atoms with Gasteiger partial charge in [-0.1, -0.05) is 27.6 Å². The monoisotopic (exact) mass is 269 g/mol. The standard InChI is InChI=1S/C7H12BrN.BrH/c1-9-4-2-7(6-8)3-5-9;/h2H,3-6H2,1H3;1H. The Bertz CT molecular complexity index is 123. The smallest absolute Gasteiger partial charge is 0.0242 e. The minimum Gasteiger partial charge on any atom is -0.302 e. The maximum absolute atomic E-state index is 3.44. The summed E-state index contributed by atoms with van der Waals surface area (Å²) in [7, 11) is 2.15. The van der Waals surface area contributed by atoms with E-state index >= 15 is 0 Å². The number of nitrogens with zero attached hydrogens (tertiary/aromatic N) is 1. The highest BCUT2D eigenvalue weighted by atomic mass is 79.9. The van der Waals surface area contributed by atoms with Crippen molar-refractivity contribution in [2.75, 3.05) is 25.5 Å². The number of hydrogen-bond donors (Lipinski definition) is 0. The maximum atomic E-state index is 3.44. The second-order valence-electron chi connectivity index (χ2n) is 2.51. The third-order valence-electron chi connectivity index (χ3n) is 1.68. The number of alkyl halides is 1. The largest absolute Gasteiger partial charge is 0.302 e. The van der Waals surface area contributed by atoms with E-state index in [9.17, 15) is 0 Å². The van der Waals surface area contributed by atoms with E-state index in [0.29, 0.717) is 0 Å². The molecule has 1 rings (SSSR count). The molecule has 0 aliphatic carbocycles. The number of rotatable bonds is 1. The molecule has 0 saturated heterocycles. The lowest BCUT2D eigenvalue weighted by Crippen LogP contribution is -2.24. The molecule has 1 aliphatic rings. The van der Waals surface area contributed by atoms with Gasteiger partial charge in [0.2, 0.25) is 0 Å². The molecule has 3 heteroatoms. The fraction of sp³-hybridized carbons (Fsp3) is 0.714. The predicted octanol–water partition coefficient (Wildman–Crippen LogP) is 2.22. The fourth-order valence-electron chi connectivity index (χ4n) is 0.934. The van der Waals surface area contributed by atoms with E-state index in [4.69, 9.17) is 0 Å². The van der Waals surface area contributed by atoms with Gasteiger partial charge >= 0.3 is 0 Å². The molecule has 0 bridgehead atoms. The molecule has 0 aromatic carbocycles. The zero-order chi connectivity index (χ0) is 6.69. The molecule has 0 spiro atoms. The van der Waals surface area contributed by atoms with Crippen LogP contribution in [0.1, 0.15) is 6.42 Å². The molecule has 60 valence electrons. The third kappa shape index (κ3) is 3.17. The Labute approximate surface area is 81.4 Å². The average Bonchev–Trinajstić information content (AvgIpc) is 1.90. The molecule has 10 heavy (non-hydrogen) atoms. The lowest BCUT2D eigenvalue weighted by molar-refractivity contribution is 0.360. The van der Waals surface area contributed by atoms with Gasteiger partial charge in [-0.3, -0.25) is 0 Å². The van der Waals surface area contributed by atoms with Crippen molar-refractivity contribution in [3.63, 3.8) is 0 Å². The fourth-order valence-corrected chi connectivity index (χ4v) is 1.44. The van der Waals surface area contributed by atoms with Gasteiger partial charge in [0.15, 0.2) is 0 Å². The zero-order valence-electron chi connectivity index (χ0n) is 6.14. The first-order valence-electron chi connectivity index (χ1n) is 3.25. The first kappa shape index (κ1) is 10.7. The lowest BCUT2D eigenvalue weighted by atomic mass is 10.1. The molecule has 0 fully saturated rings. The van der Waals surface area contributed by atoms with Crippen LogP contribution in [0.15, 0.2) is 11.6 Å². The summed E-state index contributed by atoms with van der Waals surface area (Å²) in [4.78, 5) is 2.33. The van der Waals surface area contributed by atoms with E-state index in [1.54, 1.807) is 5.57 Å². The molecule has 0 aromatic heterocycles. The summed E-state index contributed by atoms with van der Waals surface area (Å²) in [6.45, 7) is 2.35. The van der Waals surface area contributed by atoms with Crippen molar-refractivity contribution in [1.82, 2.24) is 4.90 Å². The third-order valence-corrected chi connectivity index (χ3v) is 2.40. The van der Waals surface area contributed by atoms with E-state index < -0.39 is 0 Å². The Kier molecular flexibility index (Phi) is 5.68. The Morgan fingerprint density at radius 1 is 1.70 bits per heavy atom. The predicted molar refractivity (Wildman–Crippen MR) is 54.3 cm³/mol. The second-order valence-corrected chi connectivity index (χ2v) is 3.07. The summed E-state index contributed by atoms with van der Waals surface area (Å²) >= 11 is 3.44. The first-order chi connectivity index (χ1) is 4.33. The van der Waals surface area contributed by atoms with E-state index in [-0.39, 0.29) is 17.0 Å². The van der Waals surface area contributed by atoms with Gasteiger partial charge < -0.3 is 4.90 Å². The summed E-state index contributed by atoms with van der Waals surface area (Å²) in [6, 6.07) is 0. The molecule has 0 radical (unpaired) electrons. The lowest BCUT2D eigenvalue weighted by Gasteiger charge is -2.20. The van der Waals surface area contributed by atoms with Gasteiger partial charge in [-0.05, 0) is 13.5 Å². The highest BCUT2D eigenvalue weighted by molar-refractivity contribution is 9.09. The van der Waals surface area contributed by atoms with E-state index in [2.05, 4.69) is 34.0 Å². The molecule has 0 saturated carbocycles. The molecule has 0 atom stereocenters. The van der Waals surface area contributed by atoms with Crippen LogP contribution in [0.4, 0.5) is 0 Å². The van der Waals surface area contributed by atoms with Crippen LogP contribution in [0.2, 0.25) is 0 Å². The van der Waals surface area contributed by atoms with Crippen LogP contribution >= 0.6 is 32.9 Å². The van der Waals surface area contributed by atoms with E-state index in [1.807, 2.05) is 0 Å². The average molecular weight is 271 g/mol. The van der Waals surface area contributed by atoms with Crippen molar-refractivity contribution in [1.29, 1.82) is 0 Å². The van der Waals surface area contributed by atoms with Crippen LogP contribution in [-0.2, 0) is 0 Å². The Balaban J connectivity index is 0.000000810. The normalized spacial score (nSPS) is 19.6. The Hall–Kier alpha value is 0.660. The van der Waals surface area contributed by atoms with Crippen molar-refractivity contribution in [2.24, 2.45) is 0 Å². The molecule has 1 heterocycles. The highest BCUT2D eigenvalue weighted by Gasteiger charge is 2.04. The van der Waals surface area contributed by atoms with Gasteiger partial charge in [-0.2, -0.15) is 0 Å². The summed E-state index contributed by atoms with van der Waals surface area (Å²) in [5.41, 5.74) is 1.55. The topological polar surface area (TPSA) is 3.24 Å². The molecule has 0 unspecified atom stereocenters. The molecule has 0 N–H and O–H groups in total. The minimum absolute atomic E-state index is 0. The van der Waals surface area contributed by atoms with Crippen molar-refractivity contribution in [3.05, 3.63) is 11.6 Å². The summed E-state index contributed by atoms with van der Waals surface area (Å²) in [5, 5.41) is 1.06. The summed E-state index contributed by atoms with van der Waals surface area (Å²) < 4.78 is 0. The van der Waals surface area contributed by atoms with Gasteiger partial charge in [0.05, 0.1) is 0 Å².